The Kier molecular flexibility index (Phi) is 6.86. The molecule has 2 atom stereocenters. The molecular formula is C4H8N2O4P2S. The zero-order chi connectivity index (χ0) is 10.3. The van der Waals surface area contributed by atoms with E-state index in [4.69, 9.17) is 0 Å². The zero-order valence-corrected chi connectivity index (χ0v) is 9.77. The summed E-state index contributed by atoms with van der Waals surface area (Å²) in [6.45, 7) is 0. The SMILES string of the molecule is CSC(=NC(=O)OP)NC(=O)OP. The summed E-state index contributed by atoms with van der Waals surface area (Å²) >= 11 is 1.08. The number of carbonyl (C=O) groups is 2. The lowest BCUT2D eigenvalue weighted by molar-refractivity contribution is 0.213. The van der Waals surface area contributed by atoms with Crippen LogP contribution in [0.5, 0.6) is 0 Å². The molecule has 0 heterocycles. The second-order valence-electron chi connectivity index (χ2n) is 1.54. The van der Waals surface area contributed by atoms with Crippen molar-refractivity contribution in [2.24, 2.45) is 4.99 Å². The van der Waals surface area contributed by atoms with Crippen LogP contribution >= 0.6 is 30.7 Å². The van der Waals surface area contributed by atoms with Gasteiger partial charge >= 0.3 is 12.2 Å². The van der Waals surface area contributed by atoms with Gasteiger partial charge in [-0.3, -0.25) is 5.32 Å². The molecule has 13 heavy (non-hydrogen) atoms. The minimum atomic E-state index is -0.821. The fourth-order valence-corrected chi connectivity index (χ4v) is 0.814. The quantitative estimate of drug-likeness (QED) is 0.391. The first-order valence-corrected chi connectivity index (χ1v) is 5.02. The fourth-order valence-electron chi connectivity index (χ4n) is 0.351. The van der Waals surface area contributed by atoms with Crippen LogP contribution in [0.3, 0.4) is 0 Å². The number of aliphatic imine (C=N–C) groups is 1. The maximum Gasteiger partial charge on any atom is 0.438 e. The van der Waals surface area contributed by atoms with Gasteiger partial charge in [-0.1, -0.05) is 11.8 Å². The van der Waals surface area contributed by atoms with Crippen LogP contribution in [0.15, 0.2) is 4.99 Å². The topological polar surface area (TPSA) is 77.0 Å². The zero-order valence-electron chi connectivity index (χ0n) is 6.64. The van der Waals surface area contributed by atoms with Crippen molar-refractivity contribution in [2.45, 2.75) is 0 Å². The summed E-state index contributed by atoms with van der Waals surface area (Å²) in [5.74, 6) is 0. The number of thioether (sulfide) groups is 1. The Morgan fingerprint density at radius 2 is 2.00 bits per heavy atom. The Morgan fingerprint density at radius 3 is 2.38 bits per heavy atom. The molecule has 0 aromatic carbocycles. The number of amides is 2. The average molecular weight is 242 g/mol. The number of carbonyl (C=O) groups excluding carboxylic acids is 2. The highest BCUT2D eigenvalue weighted by Gasteiger charge is 2.06. The van der Waals surface area contributed by atoms with E-state index in [0.717, 1.165) is 11.8 Å². The van der Waals surface area contributed by atoms with Gasteiger partial charge in [-0.15, -0.1) is 0 Å². The summed E-state index contributed by atoms with van der Waals surface area (Å²) < 4.78 is 8.39. The van der Waals surface area contributed by atoms with E-state index in [1.165, 1.54) is 0 Å². The summed E-state index contributed by atoms with van der Waals surface area (Å²) in [4.78, 5) is 24.6. The first kappa shape index (κ1) is 12.6. The standard InChI is InChI=1S/C4H8N2O4P2S/c1-13-2(5-3(7)9-11)6-4(8)10-12/h11-12H2,1H3,(H,5,6,7,8). The van der Waals surface area contributed by atoms with Crippen molar-refractivity contribution in [3.8, 4) is 0 Å². The van der Waals surface area contributed by atoms with Crippen LogP contribution in [0.25, 0.3) is 0 Å². The molecule has 0 aromatic rings. The Morgan fingerprint density at radius 1 is 1.38 bits per heavy atom. The van der Waals surface area contributed by atoms with Gasteiger partial charge in [0.05, 0.1) is 18.9 Å². The van der Waals surface area contributed by atoms with Crippen LogP contribution in [-0.2, 0) is 9.05 Å². The van der Waals surface area contributed by atoms with Gasteiger partial charge in [0.25, 0.3) is 0 Å². The third-order valence-corrected chi connectivity index (χ3v) is 1.80. The molecule has 0 spiro atoms. The van der Waals surface area contributed by atoms with Crippen LogP contribution in [0.4, 0.5) is 9.59 Å². The maximum atomic E-state index is 10.6. The van der Waals surface area contributed by atoms with Crippen molar-refractivity contribution < 1.29 is 18.6 Å². The summed E-state index contributed by atoms with van der Waals surface area (Å²) in [6, 6.07) is 0. The normalized spacial score (nSPS) is 10.5. The highest BCUT2D eigenvalue weighted by atomic mass is 32.2. The van der Waals surface area contributed by atoms with Gasteiger partial charge in [0, 0.05) is 0 Å². The number of amidine groups is 1. The molecule has 0 saturated heterocycles. The molecular weight excluding hydrogens is 234 g/mol. The van der Waals surface area contributed by atoms with Crippen LogP contribution < -0.4 is 5.32 Å². The maximum absolute atomic E-state index is 10.6. The number of nitrogens with zero attached hydrogens (tertiary/aromatic N) is 1. The van der Waals surface area contributed by atoms with E-state index < -0.39 is 12.2 Å². The van der Waals surface area contributed by atoms with Gasteiger partial charge in [-0.2, -0.15) is 4.99 Å². The lowest BCUT2D eigenvalue weighted by atomic mass is 11.0. The second kappa shape index (κ2) is 7.06. The molecule has 0 bridgehead atoms. The van der Waals surface area contributed by atoms with Crippen molar-refractivity contribution in [1.29, 1.82) is 0 Å². The lowest BCUT2D eigenvalue weighted by Gasteiger charge is -2.02. The van der Waals surface area contributed by atoms with Crippen molar-refractivity contribution in [2.75, 3.05) is 6.26 Å². The summed E-state index contributed by atoms with van der Waals surface area (Å²) in [6.07, 6.45) is 0.0888. The molecule has 2 amide bonds. The molecule has 0 aliphatic heterocycles. The molecule has 9 heteroatoms. The van der Waals surface area contributed by atoms with E-state index in [9.17, 15) is 9.59 Å². The first-order chi connectivity index (χ1) is 6.13. The number of nitrogens with one attached hydrogen (secondary N) is 1. The predicted octanol–water partition coefficient (Wildman–Crippen LogP) is 1.15. The lowest BCUT2D eigenvalue weighted by Crippen LogP contribution is -2.27. The predicted molar refractivity (Wildman–Crippen MR) is 56.5 cm³/mol. The average Bonchev–Trinajstić information content (AvgIpc) is 2.16. The van der Waals surface area contributed by atoms with E-state index in [1.54, 1.807) is 25.2 Å². The minimum absolute atomic E-state index is 0.0971. The Labute approximate surface area is 83.8 Å². The van der Waals surface area contributed by atoms with Crippen molar-refractivity contribution in [1.82, 2.24) is 5.32 Å². The third kappa shape index (κ3) is 5.80. The molecule has 0 aliphatic carbocycles. The smallest absolute Gasteiger partial charge is 0.435 e. The van der Waals surface area contributed by atoms with Gasteiger partial charge in [-0.25, -0.2) is 9.59 Å². The van der Waals surface area contributed by atoms with Gasteiger partial charge in [0.1, 0.15) is 0 Å². The van der Waals surface area contributed by atoms with E-state index in [1.807, 2.05) is 0 Å². The van der Waals surface area contributed by atoms with Crippen LogP contribution in [0, 0.1) is 0 Å². The van der Waals surface area contributed by atoms with Crippen molar-refractivity contribution >= 4 is 48.0 Å². The Balaban J connectivity index is 4.25. The highest BCUT2D eigenvalue weighted by Crippen LogP contribution is 2.00. The largest absolute Gasteiger partial charge is 0.438 e. The van der Waals surface area contributed by atoms with E-state index in [-0.39, 0.29) is 5.17 Å². The van der Waals surface area contributed by atoms with Gasteiger partial charge < -0.3 is 9.05 Å². The molecule has 0 radical (unpaired) electrons. The highest BCUT2D eigenvalue weighted by molar-refractivity contribution is 8.13. The molecule has 1 N–H and O–H groups in total. The monoisotopic (exact) mass is 242 g/mol. The molecule has 0 aliphatic rings. The Bertz CT molecular complexity index is 234. The summed E-state index contributed by atoms with van der Waals surface area (Å²) in [7, 11) is 3.51. The first-order valence-electron chi connectivity index (χ1n) is 2.85. The van der Waals surface area contributed by atoms with Crippen LogP contribution in [0.2, 0.25) is 0 Å². The van der Waals surface area contributed by atoms with Crippen molar-refractivity contribution in [3.05, 3.63) is 0 Å². The van der Waals surface area contributed by atoms with E-state index >= 15 is 0 Å². The van der Waals surface area contributed by atoms with E-state index in [0.29, 0.717) is 0 Å². The van der Waals surface area contributed by atoms with Gasteiger partial charge in [0.2, 0.25) is 0 Å². The van der Waals surface area contributed by atoms with Gasteiger partial charge in [0.15, 0.2) is 5.17 Å². The third-order valence-electron chi connectivity index (χ3n) is 0.803. The van der Waals surface area contributed by atoms with Gasteiger partial charge in [-0.05, 0) is 6.26 Å². The second-order valence-corrected chi connectivity index (χ2v) is 2.80. The fraction of sp³-hybridized carbons (Fsp3) is 0.250. The number of hydrogen-bond acceptors (Lipinski definition) is 5. The molecule has 0 aromatic heterocycles. The molecule has 0 saturated carbocycles. The number of hydrogen-bond donors (Lipinski definition) is 1. The molecule has 0 fully saturated rings. The minimum Gasteiger partial charge on any atom is -0.435 e. The number of rotatable bonds is 0. The van der Waals surface area contributed by atoms with Crippen molar-refractivity contribution in [3.63, 3.8) is 0 Å². The molecule has 0 rings (SSSR count). The van der Waals surface area contributed by atoms with Crippen LogP contribution in [0.1, 0.15) is 0 Å². The Hall–Kier alpha value is -0.380. The summed E-state index contributed by atoms with van der Waals surface area (Å²) in [5.41, 5.74) is 0. The van der Waals surface area contributed by atoms with Crippen LogP contribution in [-0.4, -0.2) is 23.6 Å². The molecule has 6 nitrogen and oxygen atoms in total. The molecule has 2 unspecified atom stereocenters. The summed E-state index contributed by atoms with van der Waals surface area (Å²) in [5, 5.41) is 2.30. The molecule has 74 valence electrons. The van der Waals surface area contributed by atoms with E-state index in [2.05, 4.69) is 19.4 Å².